The van der Waals surface area contributed by atoms with Crippen LogP contribution in [0.15, 0.2) is 48.5 Å². The molecular weight excluding hydrogens is 385 g/mol. The normalized spacial score (nSPS) is 14.8. The lowest BCUT2D eigenvalue weighted by atomic mass is 9.99. The van der Waals surface area contributed by atoms with Gasteiger partial charge in [-0.1, -0.05) is 36.4 Å². The summed E-state index contributed by atoms with van der Waals surface area (Å²) >= 11 is 0. The zero-order chi connectivity index (χ0) is 21.0. The van der Waals surface area contributed by atoms with E-state index in [0.29, 0.717) is 18.7 Å². The van der Waals surface area contributed by atoms with Gasteiger partial charge in [-0.25, -0.2) is 0 Å². The van der Waals surface area contributed by atoms with E-state index in [1.165, 1.54) is 17.7 Å². The summed E-state index contributed by atoms with van der Waals surface area (Å²) in [5, 5.41) is 12.5. The van der Waals surface area contributed by atoms with Crippen LogP contribution < -0.4 is 5.32 Å². The zero-order valence-corrected chi connectivity index (χ0v) is 15.6. The molecule has 8 heteroatoms. The summed E-state index contributed by atoms with van der Waals surface area (Å²) in [7, 11) is 0. The van der Waals surface area contributed by atoms with E-state index in [-0.39, 0.29) is 18.9 Å². The van der Waals surface area contributed by atoms with Crippen LogP contribution in [-0.2, 0) is 35.3 Å². The van der Waals surface area contributed by atoms with Crippen molar-refractivity contribution < 1.29 is 27.9 Å². The number of hydrogen-bond donors (Lipinski definition) is 2. The molecule has 0 radical (unpaired) electrons. The smallest absolute Gasteiger partial charge is 0.383 e. The zero-order valence-electron chi connectivity index (χ0n) is 15.6. The SMILES string of the molecule is O=C(NCc1ccc(C(F)(F)F)cc1)C(O)CC(=O)N1CCc2ccccc2C1. The van der Waals surface area contributed by atoms with E-state index in [1.807, 2.05) is 24.3 Å². The van der Waals surface area contributed by atoms with E-state index >= 15 is 0 Å². The lowest BCUT2D eigenvalue weighted by Crippen LogP contribution is -2.41. The van der Waals surface area contributed by atoms with Crippen LogP contribution in [0.5, 0.6) is 0 Å². The summed E-state index contributed by atoms with van der Waals surface area (Å²) in [4.78, 5) is 26.1. The lowest BCUT2D eigenvalue weighted by molar-refractivity contribution is -0.140. The molecule has 1 unspecified atom stereocenters. The highest BCUT2D eigenvalue weighted by Crippen LogP contribution is 2.29. The Hall–Kier alpha value is -2.87. The minimum absolute atomic E-state index is 0.0424. The number of amides is 2. The van der Waals surface area contributed by atoms with E-state index in [4.69, 9.17) is 0 Å². The number of aliphatic hydroxyl groups excluding tert-OH is 1. The van der Waals surface area contributed by atoms with Crippen molar-refractivity contribution in [2.75, 3.05) is 6.54 Å². The number of benzene rings is 2. The fraction of sp³-hybridized carbons (Fsp3) is 0.333. The number of carbonyl (C=O) groups excluding carboxylic acids is 2. The Bertz CT molecular complexity index is 881. The lowest BCUT2D eigenvalue weighted by Gasteiger charge is -2.29. The molecule has 2 N–H and O–H groups in total. The van der Waals surface area contributed by atoms with Crippen LogP contribution in [0.1, 0.15) is 28.7 Å². The highest BCUT2D eigenvalue weighted by molar-refractivity contribution is 5.87. The molecular formula is C21H21F3N2O3. The van der Waals surface area contributed by atoms with Gasteiger partial charge in [0.15, 0.2) is 0 Å². The Morgan fingerprint density at radius 2 is 1.72 bits per heavy atom. The summed E-state index contributed by atoms with van der Waals surface area (Å²) < 4.78 is 37.7. The predicted octanol–water partition coefficient (Wildman–Crippen LogP) is 2.66. The molecule has 1 atom stereocenters. The first-order valence-electron chi connectivity index (χ1n) is 9.20. The second kappa shape index (κ2) is 8.65. The quantitative estimate of drug-likeness (QED) is 0.802. The molecule has 0 aliphatic carbocycles. The number of fused-ring (bicyclic) bond motifs is 1. The van der Waals surface area contributed by atoms with Crippen LogP contribution >= 0.6 is 0 Å². The molecule has 1 aliphatic rings. The number of nitrogens with zero attached hydrogens (tertiary/aromatic N) is 1. The first-order chi connectivity index (χ1) is 13.7. The highest BCUT2D eigenvalue weighted by Gasteiger charge is 2.30. The summed E-state index contributed by atoms with van der Waals surface area (Å²) in [6.45, 7) is 0.921. The second-order valence-corrected chi connectivity index (χ2v) is 6.97. The molecule has 2 amide bonds. The molecule has 0 spiro atoms. The highest BCUT2D eigenvalue weighted by atomic mass is 19.4. The van der Waals surface area contributed by atoms with Crippen LogP contribution in [0.25, 0.3) is 0 Å². The standard InChI is InChI=1S/C21H21F3N2O3/c22-21(23,24)17-7-5-14(6-8-17)12-25-20(29)18(27)11-19(28)26-10-9-15-3-1-2-4-16(15)13-26/h1-8,18,27H,9-13H2,(H,25,29). The topological polar surface area (TPSA) is 69.6 Å². The number of halogens is 3. The average Bonchev–Trinajstić information content (AvgIpc) is 2.71. The fourth-order valence-corrected chi connectivity index (χ4v) is 3.21. The van der Waals surface area contributed by atoms with Crippen molar-refractivity contribution >= 4 is 11.8 Å². The van der Waals surface area contributed by atoms with Gasteiger partial charge in [-0.05, 0) is 35.2 Å². The minimum Gasteiger partial charge on any atom is -0.383 e. The molecule has 154 valence electrons. The van der Waals surface area contributed by atoms with Crippen molar-refractivity contribution in [1.29, 1.82) is 0 Å². The van der Waals surface area contributed by atoms with Crippen molar-refractivity contribution in [3.05, 3.63) is 70.8 Å². The van der Waals surface area contributed by atoms with Gasteiger partial charge in [0.1, 0.15) is 6.10 Å². The van der Waals surface area contributed by atoms with E-state index < -0.39 is 23.8 Å². The molecule has 0 fully saturated rings. The number of carbonyl (C=O) groups is 2. The number of nitrogens with one attached hydrogen (secondary N) is 1. The van der Waals surface area contributed by atoms with Crippen molar-refractivity contribution in [3.63, 3.8) is 0 Å². The molecule has 0 saturated carbocycles. The number of alkyl halides is 3. The Morgan fingerprint density at radius 3 is 2.38 bits per heavy atom. The molecule has 1 heterocycles. The maximum Gasteiger partial charge on any atom is 0.416 e. The van der Waals surface area contributed by atoms with Gasteiger partial charge in [0.2, 0.25) is 11.8 Å². The Labute approximate surface area is 166 Å². The van der Waals surface area contributed by atoms with E-state index in [9.17, 15) is 27.9 Å². The monoisotopic (exact) mass is 406 g/mol. The van der Waals surface area contributed by atoms with Gasteiger partial charge < -0.3 is 15.3 Å². The number of aliphatic hydroxyl groups is 1. The Kier molecular flexibility index (Phi) is 6.22. The molecule has 1 aliphatic heterocycles. The van der Waals surface area contributed by atoms with Crippen LogP contribution in [0.2, 0.25) is 0 Å². The van der Waals surface area contributed by atoms with Gasteiger partial charge in [0.25, 0.3) is 0 Å². The first-order valence-corrected chi connectivity index (χ1v) is 9.20. The van der Waals surface area contributed by atoms with Gasteiger partial charge in [-0.3, -0.25) is 9.59 Å². The molecule has 5 nitrogen and oxygen atoms in total. The molecule has 29 heavy (non-hydrogen) atoms. The third kappa shape index (κ3) is 5.35. The summed E-state index contributed by atoms with van der Waals surface area (Å²) in [6, 6.07) is 12.2. The summed E-state index contributed by atoms with van der Waals surface area (Å²) in [5.41, 5.74) is 1.92. The molecule has 2 aromatic rings. The summed E-state index contributed by atoms with van der Waals surface area (Å²) in [6.07, 6.45) is -5.57. The van der Waals surface area contributed by atoms with Gasteiger partial charge in [-0.15, -0.1) is 0 Å². The fourth-order valence-electron chi connectivity index (χ4n) is 3.21. The van der Waals surface area contributed by atoms with Gasteiger partial charge >= 0.3 is 6.18 Å². The first kappa shape index (κ1) is 20.9. The predicted molar refractivity (Wildman–Crippen MR) is 99.5 cm³/mol. The van der Waals surface area contributed by atoms with E-state index in [0.717, 1.165) is 24.1 Å². The Balaban J connectivity index is 1.48. The third-order valence-electron chi connectivity index (χ3n) is 4.90. The van der Waals surface area contributed by atoms with Crippen molar-refractivity contribution in [3.8, 4) is 0 Å². The van der Waals surface area contributed by atoms with Gasteiger partial charge in [-0.2, -0.15) is 13.2 Å². The van der Waals surface area contributed by atoms with Crippen molar-refractivity contribution in [2.24, 2.45) is 0 Å². The maximum atomic E-state index is 12.6. The van der Waals surface area contributed by atoms with Gasteiger partial charge in [0.05, 0.1) is 12.0 Å². The Morgan fingerprint density at radius 1 is 1.07 bits per heavy atom. The summed E-state index contributed by atoms with van der Waals surface area (Å²) in [5.74, 6) is -1.06. The molecule has 3 rings (SSSR count). The third-order valence-corrected chi connectivity index (χ3v) is 4.90. The van der Waals surface area contributed by atoms with E-state index in [1.54, 1.807) is 4.90 Å². The minimum atomic E-state index is -4.42. The molecule has 0 aromatic heterocycles. The van der Waals surface area contributed by atoms with Crippen molar-refractivity contribution in [1.82, 2.24) is 10.2 Å². The van der Waals surface area contributed by atoms with Crippen LogP contribution in [0.4, 0.5) is 13.2 Å². The molecule has 0 bridgehead atoms. The van der Waals surface area contributed by atoms with E-state index in [2.05, 4.69) is 5.32 Å². The average molecular weight is 406 g/mol. The maximum absolute atomic E-state index is 12.6. The molecule has 0 saturated heterocycles. The molecule has 2 aromatic carbocycles. The number of rotatable bonds is 5. The largest absolute Gasteiger partial charge is 0.416 e. The second-order valence-electron chi connectivity index (χ2n) is 6.97. The van der Waals surface area contributed by atoms with Crippen LogP contribution in [0.3, 0.4) is 0 Å². The van der Waals surface area contributed by atoms with Crippen molar-refractivity contribution in [2.45, 2.75) is 38.2 Å². The number of hydrogen-bond acceptors (Lipinski definition) is 3. The van der Waals surface area contributed by atoms with Crippen LogP contribution in [-0.4, -0.2) is 34.5 Å². The van der Waals surface area contributed by atoms with Gasteiger partial charge in [0, 0.05) is 19.6 Å². The van der Waals surface area contributed by atoms with Crippen LogP contribution in [0, 0.1) is 0 Å².